The molecule has 0 fully saturated rings. The summed E-state index contributed by atoms with van der Waals surface area (Å²) in [5.41, 5.74) is 2.37. The lowest BCUT2D eigenvalue weighted by Crippen LogP contribution is -2.17. The Labute approximate surface area is 139 Å². The molecule has 0 aliphatic heterocycles. The highest BCUT2D eigenvalue weighted by molar-refractivity contribution is 6.30. The third-order valence-electron chi connectivity index (χ3n) is 3.52. The summed E-state index contributed by atoms with van der Waals surface area (Å²) in [6.45, 7) is 1.05. The van der Waals surface area contributed by atoms with E-state index < -0.39 is 0 Å². The van der Waals surface area contributed by atoms with Gasteiger partial charge in [0.2, 0.25) is 0 Å². The first-order valence-corrected chi connectivity index (χ1v) is 7.63. The zero-order valence-corrected chi connectivity index (χ0v) is 13.4. The van der Waals surface area contributed by atoms with Crippen molar-refractivity contribution in [1.82, 2.24) is 10.1 Å². The number of hydrogen-bond donors (Lipinski definition) is 0. The highest BCUT2D eigenvalue weighted by atomic mass is 35.5. The molecule has 1 aromatic heterocycles. The molecule has 0 aliphatic carbocycles. The predicted molar refractivity (Wildman–Crippen MR) is 88.5 cm³/mol. The predicted octanol–water partition coefficient (Wildman–Crippen LogP) is 4.77. The fourth-order valence-corrected chi connectivity index (χ4v) is 2.51. The van der Waals surface area contributed by atoms with Crippen molar-refractivity contribution in [2.75, 3.05) is 7.05 Å². The molecule has 118 valence electrons. The zero-order chi connectivity index (χ0) is 16.2. The van der Waals surface area contributed by atoms with E-state index >= 15 is 0 Å². The summed E-state index contributed by atoms with van der Waals surface area (Å²) in [4.78, 5) is 1.98. The van der Waals surface area contributed by atoms with Crippen molar-refractivity contribution < 1.29 is 8.91 Å². The maximum Gasteiger partial charge on any atom is 0.151 e. The molecule has 3 nitrogen and oxygen atoms in total. The monoisotopic (exact) mass is 330 g/mol. The summed E-state index contributed by atoms with van der Waals surface area (Å²) < 4.78 is 19.0. The third kappa shape index (κ3) is 3.97. The number of aromatic nitrogens is 1. The Hall–Kier alpha value is -2.17. The number of rotatable bonds is 5. The fourth-order valence-electron chi connectivity index (χ4n) is 2.38. The van der Waals surface area contributed by atoms with E-state index in [0.29, 0.717) is 23.7 Å². The van der Waals surface area contributed by atoms with Crippen LogP contribution in [0.1, 0.15) is 11.3 Å². The first-order valence-electron chi connectivity index (χ1n) is 7.25. The quantitative estimate of drug-likeness (QED) is 0.675. The van der Waals surface area contributed by atoms with Crippen molar-refractivity contribution in [3.05, 3.63) is 76.8 Å². The molecular formula is C18H16ClFN2O. The molecular weight excluding hydrogens is 315 g/mol. The molecule has 0 N–H and O–H groups in total. The maximum absolute atomic E-state index is 13.7. The maximum atomic E-state index is 13.7. The molecule has 0 aliphatic rings. The second kappa shape index (κ2) is 6.94. The first-order chi connectivity index (χ1) is 11.1. The van der Waals surface area contributed by atoms with Crippen LogP contribution >= 0.6 is 11.6 Å². The second-order valence-corrected chi connectivity index (χ2v) is 5.89. The van der Waals surface area contributed by atoms with Crippen molar-refractivity contribution in [2.24, 2.45) is 0 Å². The molecule has 0 bridgehead atoms. The molecule has 0 atom stereocenters. The number of halogens is 2. The zero-order valence-electron chi connectivity index (χ0n) is 12.7. The van der Waals surface area contributed by atoms with E-state index in [1.54, 1.807) is 12.1 Å². The fraction of sp³-hybridized carbons (Fsp3) is 0.167. The summed E-state index contributed by atoms with van der Waals surface area (Å²) >= 11 is 5.88. The molecule has 3 aromatic rings. The molecule has 1 heterocycles. The summed E-state index contributed by atoms with van der Waals surface area (Å²) in [6.07, 6.45) is 0. The molecule has 0 radical (unpaired) electrons. The minimum atomic E-state index is -0.196. The Morgan fingerprint density at radius 2 is 1.83 bits per heavy atom. The molecule has 0 spiro atoms. The Balaban J connectivity index is 1.67. The Morgan fingerprint density at radius 1 is 1.09 bits per heavy atom. The number of nitrogens with zero attached hydrogens (tertiary/aromatic N) is 2. The lowest BCUT2D eigenvalue weighted by Gasteiger charge is -2.15. The van der Waals surface area contributed by atoms with Gasteiger partial charge in [-0.2, -0.15) is 0 Å². The average molecular weight is 331 g/mol. The molecule has 2 aromatic carbocycles. The second-order valence-electron chi connectivity index (χ2n) is 5.45. The summed E-state index contributed by atoms with van der Waals surface area (Å²) in [5, 5.41) is 4.76. The molecule has 0 unspecified atom stereocenters. The standard InChI is InChI=1S/C18H16ClFN2O/c1-22(11-14-4-2-3-5-17(14)20)12-16-10-18(21-23-16)13-6-8-15(19)9-7-13/h2-10H,11-12H2,1H3. The summed E-state index contributed by atoms with van der Waals surface area (Å²) in [5.74, 6) is 0.535. The van der Waals surface area contributed by atoms with Crippen LogP contribution in [0.15, 0.2) is 59.1 Å². The van der Waals surface area contributed by atoms with Crippen LogP contribution in [0.25, 0.3) is 11.3 Å². The van der Waals surface area contributed by atoms with Gasteiger partial charge in [-0.25, -0.2) is 4.39 Å². The van der Waals surface area contributed by atoms with Gasteiger partial charge in [0.15, 0.2) is 5.76 Å². The largest absolute Gasteiger partial charge is 0.359 e. The van der Waals surface area contributed by atoms with Crippen LogP contribution in [0.5, 0.6) is 0 Å². The van der Waals surface area contributed by atoms with Crippen molar-refractivity contribution in [3.8, 4) is 11.3 Å². The van der Waals surface area contributed by atoms with Gasteiger partial charge in [0, 0.05) is 28.8 Å². The topological polar surface area (TPSA) is 29.3 Å². The Kier molecular flexibility index (Phi) is 4.74. The van der Waals surface area contributed by atoms with E-state index in [2.05, 4.69) is 5.16 Å². The molecule has 0 amide bonds. The van der Waals surface area contributed by atoms with Gasteiger partial charge in [0.25, 0.3) is 0 Å². The van der Waals surface area contributed by atoms with Gasteiger partial charge < -0.3 is 4.52 Å². The molecule has 23 heavy (non-hydrogen) atoms. The highest BCUT2D eigenvalue weighted by Gasteiger charge is 2.11. The minimum Gasteiger partial charge on any atom is -0.359 e. The van der Waals surface area contributed by atoms with Crippen LogP contribution in [0.3, 0.4) is 0 Å². The molecule has 3 rings (SSSR count). The average Bonchev–Trinajstić information content (AvgIpc) is 2.98. The lowest BCUT2D eigenvalue weighted by atomic mass is 10.1. The van der Waals surface area contributed by atoms with Crippen molar-refractivity contribution in [1.29, 1.82) is 0 Å². The van der Waals surface area contributed by atoms with Crippen LogP contribution in [-0.2, 0) is 13.1 Å². The third-order valence-corrected chi connectivity index (χ3v) is 3.77. The van der Waals surface area contributed by atoms with Crippen LogP contribution in [0.2, 0.25) is 5.02 Å². The van der Waals surface area contributed by atoms with E-state index in [0.717, 1.165) is 17.0 Å². The summed E-state index contributed by atoms with van der Waals surface area (Å²) in [6, 6.07) is 16.1. The van der Waals surface area contributed by atoms with Gasteiger partial charge in [-0.15, -0.1) is 0 Å². The Bertz CT molecular complexity index is 786. The SMILES string of the molecule is CN(Cc1cc(-c2ccc(Cl)cc2)no1)Cc1ccccc1F. The van der Waals surface area contributed by atoms with Crippen LogP contribution in [-0.4, -0.2) is 17.1 Å². The van der Waals surface area contributed by atoms with Crippen molar-refractivity contribution >= 4 is 11.6 Å². The number of benzene rings is 2. The van der Waals surface area contributed by atoms with Gasteiger partial charge in [-0.05, 0) is 25.2 Å². The normalized spacial score (nSPS) is 11.1. The van der Waals surface area contributed by atoms with Crippen molar-refractivity contribution in [3.63, 3.8) is 0 Å². The van der Waals surface area contributed by atoms with Gasteiger partial charge in [-0.1, -0.05) is 47.1 Å². The van der Waals surface area contributed by atoms with Gasteiger partial charge in [0.05, 0.1) is 6.54 Å². The Morgan fingerprint density at radius 3 is 2.57 bits per heavy atom. The van der Waals surface area contributed by atoms with E-state index in [9.17, 15) is 4.39 Å². The van der Waals surface area contributed by atoms with Crippen LogP contribution in [0.4, 0.5) is 4.39 Å². The van der Waals surface area contributed by atoms with Gasteiger partial charge in [0.1, 0.15) is 11.5 Å². The van der Waals surface area contributed by atoms with Crippen LogP contribution < -0.4 is 0 Å². The van der Waals surface area contributed by atoms with Gasteiger partial charge in [-0.3, -0.25) is 4.90 Å². The van der Waals surface area contributed by atoms with Crippen LogP contribution in [0, 0.1) is 5.82 Å². The summed E-state index contributed by atoms with van der Waals surface area (Å²) in [7, 11) is 1.91. The first kappa shape index (κ1) is 15.7. The van der Waals surface area contributed by atoms with Crippen molar-refractivity contribution in [2.45, 2.75) is 13.1 Å². The molecule has 0 saturated heterocycles. The van der Waals surface area contributed by atoms with E-state index in [-0.39, 0.29) is 5.82 Å². The molecule has 5 heteroatoms. The number of hydrogen-bond acceptors (Lipinski definition) is 3. The van der Waals surface area contributed by atoms with E-state index in [1.807, 2.05) is 48.3 Å². The van der Waals surface area contributed by atoms with E-state index in [4.69, 9.17) is 16.1 Å². The smallest absolute Gasteiger partial charge is 0.151 e. The molecule has 0 saturated carbocycles. The van der Waals surface area contributed by atoms with Gasteiger partial charge >= 0.3 is 0 Å². The minimum absolute atomic E-state index is 0.196. The highest BCUT2D eigenvalue weighted by Crippen LogP contribution is 2.22. The van der Waals surface area contributed by atoms with E-state index in [1.165, 1.54) is 6.07 Å². The lowest BCUT2D eigenvalue weighted by molar-refractivity contribution is 0.264.